The van der Waals surface area contributed by atoms with Crippen LogP contribution < -0.4 is 4.90 Å². The van der Waals surface area contributed by atoms with Crippen LogP contribution in [0.3, 0.4) is 0 Å². The van der Waals surface area contributed by atoms with Gasteiger partial charge >= 0.3 is 6.09 Å². The lowest BCUT2D eigenvalue weighted by atomic mass is 9.80. The van der Waals surface area contributed by atoms with E-state index in [2.05, 4.69) is 11.1 Å². The summed E-state index contributed by atoms with van der Waals surface area (Å²) in [5, 5.41) is 1.67. The number of rotatable bonds is 3. The van der Waals surface area contributed by atoms with Crippen LogP contribution in [0.4, 0.5) is 10.5 Å². The molecule has 3 heterocycles. The number of fused-ring (bicyclic) bond motifs is 2. The second-order valence-electron chi connectivity index (χ2n) is 7.39. The van der Waals surface area contributed by atoms with E-state index in [1.807, 2.05) is 49.5 Å². The molecule has 0 saturated carbocycles. The normalized spacial score (nSPS) is 26.2. The second-order valence-corrected chi connectivity index (χ2v) is 7.83. The predicted molar refractivity (Wildman–Crippen MR) is 108 cm³/mol. The average molecular weight is 395 g/mol. The van der Waals surface area contributed by atoms with Crippen molar-refractivity contribution >= 4 is 34.3 Å². The molecule has 1 fully saturated rings. The maximum Gasteiger partial charge on any atom is 0.418 e. The predicted octanol–water partition coefficient (Wildman–Crippen LogP) is 5.41. The van der Waals surface area contributed by atoms with Gasteiger partial charge in [-0.2, -0.15) is 0 Å². The van der Waals surface area contributed by atoms with Crippen LogP contribution >= 0.6 is 11.6 Å². The highest BCUT2D eigenvalue weighted by Gasteiger charge is 2.65. The summed E-state index contributed by atoms with van der Waals surface area (Å²) in [4.78, 5) is 17.9. The molecule has 2 aliphatic heterocycles. The third-order valence-corrected chi connectivity index (χ3v) is 6.03. The van der Waals surface area contributed by atoms with E-state index in [0.29, 0.717) is 23.6 Å². The molecule has 5 nitrogen and oxygen atoms in total. The third kappa shape index (κ3) is 2.36. The summed E-state index contributed by atoms with van der Waals surface area (Å²) in [6.07, 6.45) is 6.19. The molecular weight excluding hydrogens is 376 g/mol. The molecule has 0 radical (unpaired) electrons. The van der Waals surface area contributed by atoms with Crippen LogP contribution in [0.15, 0.2) is 67.1 Å². The molecule has 1 aromatic heterocycles. The number of hydrogen-bond donors (Lipinski definition) is 1. The SMILES string of the molecule is CC12OC=CCC1(Cc1c[nH]c3ccccc13)OC(=O)N2c1cccc(Cl)c1. The number of aromatic amines is 1. The van der Waals surface area contributed by atoms with Crippen LogP contribution in [0.2, 0.25) is 5.02 Å². The van der Waals surface area contributed by atoms with Gasteiger partial charge in [-0.1, -0.05) is 35.9 Å². The summed E-state index contributed by atoms with van der Waals surface area (Å²) < 4.78 is 12.1. The molecule has 0 aliphatic carbocycles. The van der Waals surface area contributed by atoms with Crippen LogP contribution in [-0.4, -0.2) is 22.4 Å². The molecule has 2 aromatic carbocycles. The minimum Gasteiger partial charge on any atom is -0.471 e. The highest BCUT2D eigenvalue weighted by atomic mass is 35.5. The highest BCUT2D eigenvalue weighted by Crippen LogP contribution is 2.49. The number of nitrogens with one attached hydrogen (secondary N) is 1. The zero-order chi connectivity index (χ0) is 19.4. The van der Waals surface area contributed by atoms with Gasteiger partial charge in [0.1, 0.15) is 0 Å². The summed E-state index contributed by atoms with van der Waals surface area (Å²) in [7, 11) is 0. The Morgan fingerprint density at radius 3 is 2.93 bits per heavy atom. The number of amides is 1. The van der Waals surface area contributed by atoms with E-state index in [0.717, 1.165) is 16.5 Å². The fourth-order valence-corrected chi connectivity index (χ4v) is 4.50. The van der Waals surface area contributed by atoms with Gasteiger partial charge in [-0.15, -0.1) is 0 Å². The van der Waals surface area contributed by atoms with Gasteiger partial charge < -0.3 is 14.5 Å². The zero-order valence-corrected chi connectivity index (χ0v) is 16.1. The number of carbonyl (C=O) groups excluding carboxylic acids is 1. The third-order valence-electron chi connectivity index (χ3n) is 5.80. The zero-order valence-electron chi connectivity index (χ0n) is 15.3. The average Bonchev–Trinajstić information content (AvgIpc) is 3.17. The smallest absolute Gasteiger partial charge is 0.418 e. The van der Waals surface area contributed by atoms with Crippen molar-refractivity contribution in [3.8, 4) is 0 Å². The molecule has 6 heteroatoms. The van der Waals surface area contributed by atoms with Gasteiger partial charge in [0.25, 0.3) is 0 Å². The van der Waals surface area contributed by atoms with Crippen molar-refractivity contribution in [2.75, 3.05) is 4.90 Å². The van der Waals surface area contributed by atoms with Crippen LogP contribution in [0.25, 0.3) is 10.9 Å². The van der Waals surface area contributed by atoms with Crippen molar-refractivity contribution in [2.45, 2.75) is 31.1 Å². The molecule has 1 saturated heterocycles. The maximum absolute atomic E-state index is 13.0. The quantitative estimate of drug-likeness (QED) is 0.646. The summed E-state index contributed by atoms with van der Waals surface area (Å²) >= 11 is 6.17. The lowest BCUT2D eigenvalue weighted by Crippen LogP contribution is -2.60. The van der Waals surface area contributed by atoms with Gasteiger partial charge in [-0.3, -0.25) is 0 Å². The monoisotopic (exact) mass is 394 g/mol. The summed E-state index contributed by atoms with van der Waals surface area (Å²) in [5.41, 5.74) is 0.935. The van der Waals surface area contributed by atoms with Gasteiger partial charge in [-0.25, -0.2) is 9.69 Å². The fraction of sp³-hybridized carbons (Fsp3) is 0.227. The Balaban J connectivity index is 1.61. The van der Waals surface area contributed by atoms with Crippen molar-refractivity contribution in [3.05, 3.63) is 77.7 Å². The first-order valence-electron chi connectivity index (χ1n) is 9.19. The van der Waals surface area contributed by atoms with E-state index < -0.39 is 17.4 Å². The molecule has 5 rings (SSSR count). The second kappa shape index (κ2) is 6.04. The molecular formula is C22H19ClN2O3. The van der Waals surface area contributed by atoms with Crippen molar-refractivity contribution < 1.29 is 14.3 Å². The van der Waals surface area contributed by atoms with E-state index in [1.54, 1.807) is 23.3 Å². The largest absolute Gasteiger partial charge is 0.471 e. The number of ether oxygens (including phenoxy) is 2. The van der Waals surface area contributed by atoms with E-state index in [-0.39, 0.29) is 0 Å². The van der Waals surface area contributed by atoms with Crippen molar-refractivity contribution in [3.63, 3.8) is 0 Å². The van der Waals surface area contributed by atoms with Gasteiger partial charge in [0.05, 0.1) is 11.9 Å². The minimum atomic E-state index is -0.998. The number of nitrogens with zero attached hydrogens (tertiary/aromatic N) is 1. The first-order chi connectivity index (χ1) is 13.5. The van der Waals surface area contributed by atoms with Crippen LogP contribution in [0, 0.1) is 0 Å². The Morgan fingerprint density at radius 2 is 2.07 bits per heavy atom. The molecule has 2 atom stereocenters. The Bertz CT molecular complexity index is 1110. The fourth-order valence-electron chi connectivity index (χ4n) is 4.32. The van der Waals surface area contributed by atoms with E-state index in [4.69, 9.17) is 21.1 Å². The molecule has 0 spiro atoms. The lowest BCUT2D eigenvalue weighted by Gasteiger charge is -2.44. The van der Waals surface area contributed by atoms with Crippen molar-refractivity contribution in [1.29, 1.82) is 0 Å². The first-order valence-corrected chi connectivity index (χ1v) is 9.57. The molecule has 2 unspecified atom stereocenters. The topological polar surface area (TPSA) is 54.6 Å². The standard InChI is InChI=1S/C22H19ClN2O3/c1-21-22(10-5-11-27-21,13-15-14-24-19-9-3-2-8-18(15)19)28-20(26)25(21)17-7-4-6-16(23)12-17/h2-9,11-12,14,24H,10,13H2,1H3. The van der Waals surface area contributed by atoms with Crippen LogP contribution in [0.1, 0.15) is 18.9 Å². The highest BCUT2D eigenvalue weighted by molar-refractivity contribution is 6.30. The Kier molecular flexibility index (Phi) is 3.71. The number of anilines is 1. The number of hydrogen-bond acceptors (Lipinski definition) is 3. The maximum atomic E-state index is 13.0. The van der Waals surface area contributed by atoms with Gasteiger partial charge in [0, 0.05) is 35.0 Å². The molecule has 3 aromatic rings. The Labute approximate surface area is 167 Å². The Hall–Kier alpha value is -2.92. The van der Waals surface area contributed by atoms with Crippen molar-refractivity contribution in [1.82, 2.24) is 4.98 Å². The van der Waals surface area contributed by atoms with E-state index in [9.17, 15) is 4.79 Å². The molecule has 28 heavy (non-hydrogen) atoms. The Morgan fingerprint density at radius 1 is 1.21 bits per heavy atom. The first kappa shape index (κ1) is 17.2. The number of aromatic nitrogens is 1. The molecule has 2 aliphatic rings. The minimum absolute atomic E-state index is 0.437. The lowest BCUT2D eigenvalue weighted by molar-refractivity contribution is -0.111. The van der Waals surface area contributed by atoms with Crippen molar-refractivity contribution in [2.24, 2.45) is 0 Å². The molecule has 0 bridgehead atoms. The van der Waals surface area contributed by atoms with E-state index in [1.165, 1.54) is 0 Å². The van der Waals surface area contributed by atoms with Gasteiger partial charge in [-0.05, 0) is 42.8 Å². The summed E-state index contributed by atoms with van der Waals surface area (Å²) in [5.74, 6) is 0. The number of H-pyrrole nitrogens is 1. The van der Waals surface area contributed by atoms with Gasteiger partial charge in [0.15, 0.2) is 5.60 Å². The van der Waals surface area contributed by atoms with Gasteiger partial charge in [0.2, 0.25) is 5.72 Å². The number of carbonyl (C=O) groups is 1. The summed E-state index contributed by atoms with van der Waals surface area (Å²) in [6.45, 7) is 1.90. The molecule has 1 amide bonds. The molecule has 1 N–H and O–H groups in total. The number of benzene rings is 2. The van der Waals surface area contributed by atoms with Crippen LogP contribution in [-0.2, 0) is 15.9 Å². The van der Waals surface area contributed by atoms with Crippen LogP contribution in [0.5, 0.6) is 0 Å². The number of halogens is 1. The number of para-hydroxylation sites is 1. The molecule has 142 valence electrons. The van der Waals surface area contributed by atoms with E-state index >= 15 is 0 Å². The summed E-state index contributed by atoms with van der Waals surface area (Å²) in [6, 6.07) is 15.3.